The highest BCUT2D eigenvalue weighted by Crippen LogP contribution is 2.28. The average molecular weight is 269 g/mol. The highest BCUT2D eigenvalue weighted by Gasteiger charge is 2.15. The Balaban J connectivity index is 2.23. The molecule has 0 aliphatic rings. The maximum Gasteiger partial charge on any atom is 0.121 e. The lowest BCUT2D eigenvalue weighted by Gasteiger charge is -2.24. The van der Waals surface area contributed by atoms with Gasteiger partial charge >= 0.3 is 0 Å². The van der Waals surface area contributed by atoms with E-state index in [1.807, 2.05) is 6.07 Å². The lowest BCUT2D eigenvalue weighted by molar-refractivity contribution is 0.411. The highest BCUT2D eigenvalue weighted by molar-refractivity contribution is 5.52. The molecule has 2 heteroatoms. The van der Waals surface area contributed by atoms with Crippen molar-refractivity contribution in [3.63, 3.8) is 0 Å². The van der Waals surface area contributed by atoms with Gasteiger partial charge in [0, 0.05) is 5.69 Å². The van der Waals surface area contributed by atoms with E-state index in [-0.39, 0.29) is 0 Å². The van der Waals surface area contributed by atoms with Crippen molar-refractivity contribution < 1.29 is 4.74 Å². The normalized spacial score (nSPS) is 12.2. The molecule has 2 aromatic rings. The highest BCUT2D eigenvalue weighted by atomic mass is 16.5. The Labute approximate surface area is 121 Å². The number of anilines is 1. The summed E-state index contributed by atoms with van der Waals surface area (Å²) in [4.78, 5) is 0. The fourth-order valence-electron chi connectivity index (χ4n) is 2.44. The molecule has 1 N–H and O–H groups in total. The molecule has 2 rings (SSSR count). The summed E-state index contributed by atoms with van der Waals surface area (Å²) in [6, 6.07) is 17.1. The monoisotopic (exact) mass is 269 g/mol. The van der Waals surface area contributed by atoms with Crippen molar-refractivity contribution in [3.05, 3.63) is 59.7 Å². The second kappa shape index (κ2) is 6.47. The van der Waals surface area contributed by atoms with Gasteiger partial charge in [-0.15, -0.1) is 0 Å². The smallest absolute Gasteiger partial charge is 0.121 e. The summed E-state index contributed by atoms with van der Waals surface area (Å²) in [5.41, 5.74) is 3.59. The molecule has 20 heavy (non-hydrogen) atoms. The summed E-state index contributed by atoms with van der Waals surface area (Å²) in [6.45, 7) is 6.54. The zero-order valence-electron chi connectivity index (χ0n) is 12.7. The summed E-state index contributed by atoms with van der Waals surface area (Å²) >= 11 is 0. The number of nitrogens with one attached hydrogen (secondary N) is 1. The Hall–Kier alpha value is -1.96. The number of ether oxygens (including phenoxy) is 1. The molecule has 0 bridgehead atoms. The Kier molecular flexibility index (Phi) is 4.67. The molecule has 0 aromatic heterocycles. The van der Waals surface area contributed by atoms with Crippen LogP contribution >= 0.6 is 0 Å². The van der Waals surface area contributed by atoms with Crippen LogP contribution in [0.2, 0.25) is 0 Å². The second-order valence-corrected chi connectivity index (χ2v) is 5.46. The molecule has 0 saturated carbocycles. The van der Waals surface area contributed by atoms with Gasteiger partial charge in [0.2, 0.25) is 0 Å². The van der Waals surface area contributed by atoms with E-state index in [0.717, 1.165) is 17.0 Å². The van der Waals surface area contributed by atoms with E-state index in [1.54, 1.807) is 7.11 Å². The average Bonchev–Trinajstić information content (AvgIpc) is 2.45. The molecule has 0 radical (unpaired) electrons. The minimum Gasteiger partial charge on any atom is -0.496 e. The van der Waals surface area contributed by atoms with Gasteiger partial charge in [0.25, 0.3) is 0 Å². The Morgan fingerprint density at radius 1 is 1.00 bits per heavy atom. The Morgan fingerprint density at radius 3 is 2.25 bits per heavy atom. The summed E-state index contributed by atoms with van der Waals surface area (Å²) in [7, 11) is 1.70. The predicted molar refractivity (Wildman–Crippen MR) is 85.4 cm³/mol. The molecule has 0 saturated heterocycles. The molecule has 0 spiro atoms. The van der Waals surface area contributed by atoms with Crippen molar-refractivity contribution in [2.45, 2.75) is 26.8 Å². The summed E-state index contributed by atoms with van der Waals surface area (Å²) in [5.74, 6) is 1.44. The zero-order chi connectivity index (χ0) is 14.5. The molecule has 106 valence electrons. The van der Waals surface area contributed by atoms with Gasteiger partial charge in [-0.25, -0.2) is 0 Å². The van der Waals surface area contributed by atoms with Crippen molar-refractivity contribution in [2.75, 3.05) is 12.4 Å². The molecule has 1 unspecified atom stereocenters. The van der Waals surface area contributed by atoms with Gasteiger partial charge in [-0.1, -0.05) is 44.2 Å². The molecular formula is C18H23NO. The van der Waals surface area contributed by atoms with Crippen LogP contribution in [0, 0.1) is 12.8 Å². The summed E-state index contributed by atoms with van der Waals surface area (Å²) < 4.78 is 5.31. The summed E-state index contributed by atoms with van der Waals surface area (Å²) in [5, 5.41) is 3.63. The number of hydrogen-bond donors (Lipinski definition) is 1. The van der Waals surface area contributed by atoms with Crippen LogP contribution in [-0.2, 0) is 0 Å². The Morgan fingerprint density at radius 2 is 1.70 bits per heavy atom. The number of rotatable bonds is 5. The molecule has 2 aromatic carbocycles. The van der Waals surface area contributed by atoms with Crippen molar-refractivity contribution in [3.8, 4) is 5.75 Å². The van der Waals surface area contributed by atoms with Gasteiger partial charge in [0.05, 0.1) is 13.2 Å². The van der Waals surface area contributed by atoms with Crippen LogP contribution < -0.4 is 10.1 Å². The maximum absolute atomic E-state index is 5.31. The van der Waals surface area contributed by atoms with Gasteiger partial charge in [-0.05, 0) is 42.2 Å². The van der Waals surface area contributed by atoms with E-state index in [2.05, 4.69) is 68.6 Å². The van der Waals surface area contributed by atoms with Crippen LogP contribution in [0.1, 0.15) is 31.0 Å². The standard InChI is InChI=1S/C18H23NO/c1-13(2)18(15-8-6-5-7-9-15)19-16-10-11-17(20-4)14(3)12-16/h5-13,18-19H,1-4H3. The number of aryl methyl sites for hydroxylation is 1. The van der Waals surface area contributed by atoms with Crippen molar-refractivity contribution >= 4 is 5.69 Å². The Bertz CT molecular complexity index is 549. The summed E-state index contributed by atoms with van der Waals surface area (Å²) in [6.07, 6.45) is 0. The number of methoxy groups -OCH3 is 1. The van der Waals surface area contributed by atoms with E-state index in [9.17, 15) is 0 Å². The van der Waals surface area contributed by atoms with Crippen molar-refractivity contribution in [2.24, 2.45) is 5.92 Å². The third-order valence-electron chi connectivity index (χ3n) is 3.54. The fourth-order valence-corrected chi connectivity index (χ4v) is 2.44. The maximum atomic E-state index is 5.31. The molecule has 0 aliphatic heterocycles. The lowest BCUT2D eigenvalue weighted by Crippen LogP contribution is -2.16. The molecular weight excluding hydrogens is 246 g/mol. The quantitative estimate of drug-likeness (QED) is 0.840. The third-order valence-corrected chi connectivity index (χ3v) is 3.54. The first-order valence-corrected chi connectivity index (χ1v) is 7.08. The molecule has 2 nitrogen and oxygen atoms in total. The first-order valence-electron chi connectivity index (χ1n) is 7.08. The first kappa shape index (κ1) is 14.4. The van der Waals surface area contributed by atoms with Gasteiger partial charge < -0.3 is 10.1 Å². The lowest BCUT2D eigenvalue weighted by atomic mass is 9.95. The SMILES string of the molecule is COc1ccc(NC(c2ccccc2)C(C)C)cc1C. The van der Waals surface area contributed by atoms with Crippen molar-refractivity contribution in [1.82, 2.24) is 0 Å². The van der Waals surface area contributed by atoms with Crippen LogP contribution in [-0.4, -0.2) is 7.11 Å². The van der Waals surface area contributed by atoms with Gasteiger partial charge in [0.1, 0.15) is 5.75 Å². The largest absolute Gasteiger partial charge is 0.496 e. The van der Waals surface area contributed by atoms with Crippen LogP contribution in [0.3, 0.4) is 0 Å². The van der Waals surface area contributed by atoms with Crippen LogP contribution in [0.5, 0.6) is 5.75 Å². The van der Waals surface area contributed by atoms with E-state index in [1.165, 1.54) is 5.56 Å². The van der Waals surface area contributed by atoms with E-state index < -0.39 is 0 Å². The molecule has 0 heterocycles. The van der Waals surface area contributed by atoms with Crippen molar-refractivity contribution in [1.29, 1.82) is 0 Å². The van der Waals surface area contributed by atoms with Gasteiger partial charge in [-0.2, -0.15) is 0 Å². The topological polar surface area (TPSA) is 21.3 Å². The van der Waals surface area contributed by atoms with Gasteiger partial charge in [-0.3, -0.25) is 0 Å². The van der Waals surface area contributed by atoms with E-state index in [4.69, 9.17) is 4.74 Å². The second-order valence-electron chi connectivity index (χ2n) is 5.46. The fraction of sp³-hybridized carbons (Fsp3) is 0.333. The number of benzene rings is 2. The number of hydrogen-bond acceptors (Lipinski definition) is 2. The molecule has 0 aliphatic carbocycles. The first-order chi connectivity index (χ1) is 9.61. The molecule has 0 amide bonds. The predicted octanol–water partition coefficient (Wildman–Crippen LogP) is 4.81. The minimum atomic E-state index is 0.309. The molecule has 1 atom stereocenters. The van der Waals surface area contributed by atoms with Crippen LogP contribution in [0.4, 0.5) is 5.69 Å². The molecule has 0 fully saturated rings. The van der Waals surface area contributed by atoms with E-state index >= 15 is 0 Å². The van der Waals surface area contributed by atoms with Crippen LogP contribution in [0.25, 0.3) is 0 Å². The van der Waals surface area contributed by atoms with Gasteiger partial charge in [0.15, 0.2) is 0 Å². The minimum absolute atomic E-state index is 0.309. The third kappa shape index (κ3) is 3.32. The van der Waals surface area contributed by atoms with Crippen LogP contribution in [0.15, 0.2) is 48.5 Å². The van der Waals surface area contributed by atoms with E-state index in [0.29, 0.717) is 12.0 Å². The zero-order valence-corrected chi connectivity index (χ0v) is 12.7.